The minimum Gasteiger partial charge on any atom is -0.400 e. The van der Waals surface area contributed by atoms with Crippen LogP contribution in [0.15, 0.2) is 24.3 Å². The molecule has 0 spiro atoms. The van der Waals surface area contributed by atoms with Crippen LogP contribution in [0.2, 0.25) is 0 Å². The third-order valence-corrected chi connectivity index (χ3v) is 8.79. The van der Waals surface area contributed by atoms with Crippen molar-refractivity contribution >= 4 is 16.2 Å². The minimum atomic E-state index is -4.67. The molecule has 0 aliphatic carbocycles. The number of carbonyl (C=O) groups is 1. The summed E-state index contributed by atoms with van der Waals surface area (Å²) in [6.07, 6.45) is -6.77. The number of hydrogen-bond donors (Lipinski definition) is 14. The van der Waals surface area contributed by atoms with Gasteiger partial charge in [-0.25, -0.2) is 0 Å². The van der Waals surface area contributed by atoms with Crippen LogP contribution < -0.4 is 0 Å². The molecule has 0 aromatic carbocycles. The van der Waals surface area contributed by atoms with Crippen LogP contribution in [-0.4, -0.2) is 237 Å². The first-order valence-electron chi connectivity index (χ1n) is 18.1. The molecule has 0 aromatic rings. The van der Waals surface area contributed by atoms with Crippen molar-refractivity contribution in [1.82, 2.24) is 0 Å². The summed E-state index contributed by atoms with van der Waals surface area (Å²) in [5.41, 5.74) is 0. The summed E-state index contributed by atoms with van der Waals surface area (Å²) >= 11 is 0. The first-order chi connectivity index (χ1) is 27.8. The van der Waals surface area contributed by atoms with Gasteiger partial charge in [-0.15, -0.1) is 0 Å². The summed E-state index contributed by atoms with van der Waals surface area (Å²) < 4.78 is 72.9. The van der Waals surface area contributed by atoms with Crippen molar-refractivity contribution in [2.75, 3.05) is 53.9 Å². The van der Waals surface area contributed by atoms with Crippen molar-refractivity contribution in [3.05, 3.63) is 24.3 Å². The molecule has 0 amide bonds. The van der Waals surface area contributed by atoms with Crippen LogP contribution in [0.25, 0.3) is 0 Å². The lowest BCUT2D eigenvalue weighted by molar-refractivity contribution is -0.353. The van der Waals surface area contributed by atoms with E-state index in [1.807, 2.05) is 6.08 Å². The number of methoxy groups -OCH3 is 1. The summed E-state index contributed by atoms with van der Waals surface area (Å²) in [7, 11) is -2.40. The largest absolute Gasteiger partial charge is 0.400 e. The average Bonchev–Trinajstić information content (AvgIpc) is 3.83. The summed E-state index contributed by atoms with van der Waals surface area (Å²) in [5.74, 6) is -0.613. The van der Waals surface area contributed by atoms with Crippen LogP contribution in [0.1, 0.15) is 19.8 Å². The number of ketones is 1. The topological polar surface area (TPSA) is 408 Å². The second kappa shape index (κ2) is 28.0. The number of fused-ring (bicyclic) bond motifs is 4. The van der Waals surface area contributed by atoms with Crippen LogP contribution in [-0.2, 0) is 53.1 Å². The number of aliphatic hydroxyl groups excluding tert-OH is 12. The zero-order valence-corrected chi connectivity index (χ0v) is 33.3. The van der Waals surface area contributed by atoms with Gasteiger partial charge >= 0.3 is 10.4 Å². The predicted molar refractivity (Wildman–Crippen MR) is 193 cm³/mol. The van der Waals surface area contributed by atoms with E-state index in [0.29, 0.717) is 26.1 Å². The molecule has 6 aliphatic rings. The maximum Gasteiger partial charge on any atom is 0.394 e. The minimum absolute atomic E-state index is 0.0210. The highest BCUT2D eigenvalue weighted by Crippen LogP contribution is 2.31. The Morgan fingerprint density at radius 1 is 0.729 bits per heavy atom. The molecule has 11 unspecified atom stereocenters. The summed E-state index contributed by atoms with van der Waals surface area (Å²) in [6, 6.07) is 0. The first kappa shape index (κ1) is 55.2. The van der Waals surface area contributed by atoms with E-state index in [4.69, 9.17) is 86.1 Å². The van der Waals surface area contributed by atoms with Crippen molar-refractivity contribution in [2.24, 2.45) is 5.92 Å². The quantitative estimate of drug-likeness (QED) is 0.0716. The van der Waals surface area contributed by atoms with Gasteiger partial charge in [0, 0.05) is 20.1 Å². The van der Waals surface area contributed by atoms with Crippen LogP contribution in [0.3, 0.4) is 0 Å². The standard InChI is InChI=1S/C14H26O10.C6H14O4.C6H8O3.C6H6O3.CH4O.H2O4S/c1-5-6(3-15)22-14(10(19)8(5)17)24-12-7(4-16)23-13(21-2)11(20)9(12)18;7-3-5(9)1-2-6(10)4-8;2*7-5-2-1-4-3-8-6(5)9-4;1-2;1-5(2,3)4/h5-20H,3-4H2,1-2H3;5-10H,1-4H2;1-2,4-7H,3H2;1-2,4,6H,3H2;2H,1H3;(H2,1,2,3,4)/t5-,6?,7+,8+,9?,10?,11?,12-,13-,14+;;;;;/m1...../s1. The Labute approximate surface area is 339 Å². The van der Waals surface area contributed by atoms with Gasteiger partial charge in [0.15, 0.2) is 18.9 Å². The van der Waals surface area contributed by atoms with Crippen LogP contribution in [0.5, 0.6) is 0 Å². The maximum atomic E-state index is 10.7. The number of carbonyl (C=O) groups excluding carboxylic acids is 1. The first-order valence-corrected chi connectivity index (χ1v) is 19.5. The SMILES string of the molecule is CO.CO[C@@H]1O[C@@H](CO)[C@@H](O[C@@H]2OC(CO)[C@@H](C)[C@H](O)C2O)C(O)C1O.O=C1C=CC2COC1O2.O=S(=O)(O)O.OC1C=CC2COC1O2.OCC(O)CCC(O)CO. The Morgan fingerprint density at radius 2 is 1.24 bits per heavy atom. The molecule has 6 rings (SSSR count). The Morgan fingerprint density at radius 3 is 1.73 bits per heavy atom. The zero-order valence-electron chi connectivity index (χ0n) is 32.4. The van der Waals surface area contributed by atoms with Gasteiger partial charge < -0.3 is 99.2 Å². The third kappa shape index (κ3) is 19.0. The molecule has 0 radical (unpaired) electrons. The second-order valence-electron chi connectivity index (χ2n) is 13.2. The molecule has 0 aromatic heterocycles. The number of rotatable bonds is 10. The number of aliphatic hydroxyl groups is 12. The monoisotopic (exact) mass is 888 g/mol. The molecule has 17 atom stereocenters. The molecule has 4 saturated heterocycles. The van der Waals surface area contributed by atoms with Crippen molar-refractivity contribution in [1.29, 1.82) is 0 Å². The van der Waals surface area contributed by atoms with Crippen molar-refractivity contribution in [3.63, 3.8) is 0 Å². The van der Waals surface area contributed by atoms with Crippen molar-refractivity contribution in [3.8, 4) is 0 Å². The Hall–Kier alpha value is -1.78. The lowest BCUT2D eigenvalue weighted by Gasteiger charge is -2.46. The highest BCUT2D eigenvalue weighted by molar-refractivity contribution is 7.79. The summed E-state index contributed by atoms with van der Waals surface area (Å²) in [5, 5.41) is 109. The smallest absolute Gasteiger partial charge is 0.394 e. The second-order valence-corrected chi connectivity index (χ2v) is 14.1. The van der Waals surface area contributed by atoms with E-state index >= 15 is 0 Å². The third-order valence-electron chi connectivity index (χ3n) is 8.79. The van der Waals surface area contributed by atoms with E-state index in [-0.39, 0.29) is 31.2 Å². The fourth-order valence-electron chi connectivity index (χ4n) is 5.53. The van der Waals surface area contributed by atoms with Gasteiger partial charge in [-0.1, -0.05) is 19.1 Å². The molecule has 4 bridgehead atoms. The van der Waals surface area contributed by atoms with E-state index < -0.39 is 116 Å². The van der Waals surface area contributed by atoms with Crippen molar-refractivity contribution < 1.29 is 121 Å². The zero-order chi connectivity index (χ0) is 45.0. The molecule has 59 heavy (non-hydrogen) atoms. The van der Waals surface area contributed by atoms with Crippen molar-refractivity contribution in [2.45, 2.75) is 118 Å². The van der Waals surface area contributed by atoms with Gasteiger partial charge in [-0.3, -0.25) is 13.9 Å². The fraction of sp³-hybridized carbons (Fsp3) is 0.848. The van der Waals surface area contributed by atoms with Gasteiger partial charge in [-0.05, 0) is 25.0 Å². The average molecular weight is 889 g/mol. The van der Waals surface area contributed by atoms with E-state index in [0.717, 1.165) is 7.11 Å². The lowest BCUT2D eigenvalue weighted by atomic mass is 9.91. The molecule has 25 nitrogen and oxygen atoms in total. The fourth-order valence-corrected chi connectivity index (χ4v) is 5.53. The molecule has 348 valence electrons. The van der Waals surface area contributed by atoms with Gasteiger partial charge in [0.1, 0.15) is 48.8 Å². The van der Waals surface area contributed by atoms with E-state index in [2.05, 4.69) is 0 Å². The highest BCUT2D eigenvalue weighted by Gasteiger charge is 2.50. The predicted octanol–water partition coefficient (Wildman–Crippen LogP) is -6.51. The molecular weight excluding hydrogens is 828 g/mol. The molecule has 14 N–H and O–H groups in total. The lowest BCUT2D eigenvalue weighted by Crippen LogP contribution is -2.63. The van der Waals surface area contributed by atoms with E-state index in [1.165, 1.54) is 13.2 Å². The Bertz CT molecular complexity index is 1300. The van der Waals surface area contributed by atoms with Crippen LogP contribution in [0.4, 0.5) is 0 Å². The maximum absolute atomic E-state index is 10.7. The van der Waals surface area contributed by atoms with E-state index in [1.54, 1.807) is 19.1 Å². The van der Waals surface area contributed by atoms with Gasteiger partial charge in [0.25, 0.3) is 0 Å². The van der Waals surface area contributed by atoms with E-state index in [9.17, 15) is 35.4 Å². The molecule has 0 saturated carbocycles. The molecule has 4 fully saturated rings. The van der Waals surface area contributed by atoms with Gasteiger partial charge in [-0.2, -0.15) is 8.42 Å². The van der Waals surface area contributed by atoms with Gasteiger partial charge in [0.05, 0.1) is 64.1 Å². The Balaban J connectivity index is 0.000000410. The normalized spacial score (nSPS) is 37.6. The van der Waals surface area contributed by atoms with Crippen LogP contribution >= 0.6 is 0 Å². The molecular formula is C33H60O25S. The molecule has 26 heteroatoms. The molecule has 6 aliphatic heterocycles. The van der Waals surface area contributed by atoms with Gasteiger partial charge in [0.2, 0.25) is 12.1 Å². The summed E-state index contributed by atoms with van der Waals surface area (Å²) in [6.45, 7) is 1.18. The summed E-state index contributed by atoms with van der Waals surface area (Å²) in [4.78, 5) is 10.7. The highest BCUT2D eigenvalue weighted by atomic mass is 32.3. The number of hydrogen-bond acceptors (Lipinski definition) is 23. The molecule has 6 heterocycles. The number of ether oxygens (including phenoxy) is 8. The van der Waals surface area contributed by atoms with Crippen LogP contribution in [0, 0.1) is 5.92 Å². The Kier molecular flexibility index (Phi) is 26.2.